The molecule has 1 saturated heterocycles. The quantitative estimate of drug-likeness (QED) is 0.857. The Morgan fingerprint density at radius 3 is 2.95 bits per heavy atom. The first-order chi connectivity index (χ1) is 8.29. The molecule has 19 heavy (non-hydrogen) atoms. The highest BCUT2D eigenvalue weighted by Gasteiger charge is 2.29. The van der Waals surface area contributed by atoms with Crippen LogP contribution in [0.3, 0.4) is 0 Å². The number of hydrogen-bond donors (Lipinski definition) is 0. The largest absolute Gasteiger partial charge is 0.490 e. The number of aromatic nitrogens is 1. The third-order valence-electron chi connectivity index (χ3n) is 3.23. The molecule has 0 amide bonds. The number of ether oxygens (including phenoxy) is 1. The molecular formula is C13H19Cl2N3O. The number of nitrogens with zero attached hydrogens (tertiary/aromatic N) is 3. The Balaban J connectivity index is 0.00000162. The second kappa shape index (κ2) is 8.98. The van der Waals surface area contributed by atoms with Gasteiger partial charge in [0.2, 0.25) is 0 Å². The van der Waals surface area contributed by atoms with Crippen LogP contribution in [-0.4, -0.2) is 36.1 Å². The molecule has 2 heterocycles. The van der Waals surface area contributed by atoms with E-state index < -0.39 is 0 Å². The number of rotatable bonds is 4. The lowest BCUT2D eigenvalue weighted by atomic mass is 10.0. The van der Waals surface area contributed by atoms with Crippen molar-refractivity contribution < 1.29 is 4.74 Å². The number of hydrogen-bond acceptors (Lipinski definition) is 4. The summed E-state index contributed by atoms with van der Waals surface area (Å²) < 4.78 is 5.70. The van der Waals surface area contributed by atoms with E-state index in [0.29, 0.717) is 25.0 Å². The Morgan fingerprint density at radius 2 is 2.32 bits per heavy atom. The van der Waals surface area contributed by atoms with E-state index in [0.717, 1.165) is 18.7 Å². The Hall–Kier alpha value is -1.02. The molecular weight excluding hydrogens is 285 g/mol. The van der Waals surface area contributed by atoms with Gasteiger partial charge in [0.15, 0.2) is 0 Å². The van der Waals surface area contributed by atoms with Gasteiger partial charge in [-0.25, -0.2) is 0 Å². The minimum Gasteiger partial charge on any atom is -0.490 e. The normalized spacial score (nSPS) is 21.9. The zero-order valence-electron chi connectivity index (χ0n) is 10.9. The maximum Gasteiger partial charge on any atom is 0.137 e. The lowest BCUT2D eigenvalue weighted by molar-refractivity contribution is 0.198. The van der Waals surface area contributed by atoms with E-state index in [2.05, 4.69) is 23.0 Å². The fraction of sp³-hybridized carbons (Fsp3) is 0.538. The highest BCUT2D eigenvalue weighted by molar-refractivity contribution is 5.85. The molecule has 1 aromatic heterocycles. The first kappa shape index (κ1) is 18.0. The molecule has 1 fully saturated rings. The van der Waals surface area contributed by atoms with Crippen molar-refractivity contribution in [2.24, 2.45) is 5.92 Å². The van der Waals surface area contributed by atoms with Crippen molar-refractivity contribution in [1.29, 1.82) is 5.26 Å². The maximum absolute atomic E-state index is 8.70. The average Bonchev–Trinajstić information content (AvgIpc) is 2.69. The van der Waals surface area contributed by atoms with E-state index in [-0.39, 0.29) is 24.8 Å². The van der Waals surface area contributed by atoms with E-state index in [4.69, 9.17) is 10.00 Å². The maximum atomic E-state index is 8.70. The van der Waals surface area contributed by atoms with Crippen molar-refractivity contribution in [2.45, 2.75) is 18.9 Å². The highest BCUT2D eigenvalue weighted by atomic mass is 35.5. The third kappa shape index (κ3) is 5.23. The second-order valence-electron chi connectivity index (χ2n) is 4.56. The predicted octanol–water partition coefficient (Wildman–Crippen LogP) is 2.54. The molecule has 1 aliphatic rings. The average molecular weight is 304 g/mol. The van der Waals surface area contributed by atoms with E-state index >= 15 is 0 Å². The van der Waals surface area contributed by atoms with Crippen LogP contribution in [0.5, 0.6) is 5.75 Å². The van der Waals surface area contributed by atoms with Crippen LogP contribution in [0.2, 0.25) is 0 Å². The summed E-state index contributed by atoms with van der Waals surface area (Å²) in [5, 5.41) is 8.70. The molecule has 0 N–H and O–H groups in total. The molecule has 2 rings (SSSR count). The Kier molecular flexibility index (Phi) is 8.49. The van der Waals surface area contributed by atoms with Crippen LogP contribution >= 0.6 is 24.8 Å². The molecule has 106 valence electrons. The minimum absolute atomic E-state index is 0. The van der Waals surface area contributed by atoms with Crippen LogP contribution in [0.4, 0.5) is 0 Å². The Bertz CT molecular complexity index is 397. The number of likely N-dealkylation sites (N-methyl/N-ethyl adjacent to an activating group) is 1. The van der Waals surface area contributed by atoms with E-state index in [9.17, 15) is 0 Å². The molecule has 0 bridgehead atoms. The standard InChI is InChI=1S/C13H17N3O.2ClH/c1-16-9-11(4-5-14)7-12(16)10-17-13-3-2-6-15-8-13;;/h2-3,6,8,11-12H,4,7,9-10H2,1H3;2*1H/t11-,12?;;/m1../s1. The van der Waals surface area contributed by atoms with Crippen LogP contribution in [0.15, 0.2) is 24.5 Å². The summed E-state index contributed by atoms with van der Waals surface area (Å²) in [6.45, 7) is 1.67. The zero-order valence-corrected chi connectivity index (χ0v) is 12.5. The van der Waals surface area contributed by atoms with Gasteiger partial charge in [0.05, 0.1) is 12.3 Å². The molecule has 1 aliphatic heterocycles. The van der Waals surface area contributed by atoms with Crippen molar-refractivity contribution in [1.82, 2.24) is 9.88 Å². The molecule has 2 atom stereocenters. The number of likely N-dealkylation sites (tertiary alicyclic amines) is 1. The Labute approximate surface area is 126 Å². The molecule has 0 aliphatic carbocycles. The zero-order chi connectivity index (χ0) is 12.1. The van der Waals surface area contributed by atoms with Crippen molar-refractivity contribution in [2.75, 3.05) is 20.2 Å². The summed E-state index contributed by atoms with van der Waals surface area (Å²) in [5.74, 6) is 1.30. The molecule has 0 spiro atoms. The van der Waals surface area contributed by atoms with Crippen molar-refractivity contribution in [3.05, 3.63) is 24.5 Å². The second-order valence-corrected chi connectivity index (χ2v) is 4.56. The topological polar surface area (TPSA) is 49.2 Å². The number of pyridine rings is 1. The van der Waals surface area contributed by atoms with Gasteiger partial charge in [-0.2, -0.15) is 5.26 Å². The molecule has 4 nitrogen and oxygen atoms in total. The molecule has 1 aromatic rings. The van der Waals surface area contributed by atoms with Gasteiger partial charge in [0, 0.05) is 25.2 Å². The summed E-state index contributed by atoms with van der Waals surface area (Å²) >= 11 is 0. The van der Waals surface area contributed by atoms with Crippen molar-refractivity contribution in [3.63, 3.8) is 0 Å². The lowest BCUT2D eigenvalue weighted by Crippen LogP contribution is -2.30. The fourth-order valence-electron chi connectivity index (χ4n) is 2.29. The van der Waals surface area contributed by atoms with Gasteiger partial charge in [-0.15, -0.1) is 24.8 Å². The first-order valence-corrected chi connectivity index (χ1v) is 5.89. The van der Waals surface area contributed by atoms with Crippen LogP contribution in [-0.2, 0) is 0 Å². The molecule has 0 saturated carbocycles. The summed E-state index contributed by atoms with van der Waals surface area (Å²) in [7, 11) is 2.09. The summed E-state index contributed by atoms with van der Waals surface area (Å²) in [6.07, 6.45) is 5.15. The van der Waals surface area contributed by atoms with Gasteiger partial charge < -0.3 is 4.74 Å². The molecule has 0 aromatic carbocycles. The van der Waals surface area contributed by atoms with Crippen LogP contribution < -0.4 is 4.74 Å². The Morgan fingerprint density at radius 1 is 1.53 bits per heavy atom. The van der Waals surface area contributed by atoms with Crippen LogP contribution in [0.25, 0.3) is 0 Å². The molecule has 0 radical (unpaired) electrons. The minimum atomic E-state index is 0. The highest BCUT2D eigenvalue weighted by Crippen LogP contribution is 2.24. The van der Waals surface area contributed by atoms with Gasteiger partial charge >= 0.3 is 0 Å². The number of nitriles is 1. The molecule has 6 heteroatoms. The summed E-state index contributed by atoms with van der Waals surface area (Å²) in [6, 6.07) is 6.44. The van der Waals surface area contributed by atoms with E-state index in [1.54, 1.807) is 12.4 Å². The van der Waals surface area contributed by atoms with Gasteiger partial charge in [-0.3, -0.25) is 9.88 Å². The SMILES string of the molecule is CN1C[C@H](CC#N)CC1COc1cccnc1.Cl.Cl. The monoisotopic (exact) mass is 303 g/mol. The lowest BCUT2D eigenvalue weighted by Gasteiger charge is -2.19. The summed E-state index contributed by atoms with van der Waals surface area (Å²) in [4.78, 5) is 6.29. The summed E-state index contributed by atoms with van der Waals surface area (Å²) in [5.41, 5.74) is 0. The van der Waals surface area contributed by atoms with E-state index in [1.165, 1.54) is 0 Å². The van der Waals surface area contributed by atoms with Crippen molar-refractivity contribution >= 4 is 24.8 Å². The van der Waals surface area contributed by atoms with Gasteiger partial charge in [0.25, 0.3) is 0 Å². The smallest absolute Gasteiger partial charge is 0.137 e. The fourth-order valence-corrected chi connectivity index (χ4v) is 2.29. The van der Waals surface area contributed by atoms with Gasteiger partial charge in [0.1, 0.15) is 12.4 Å². The first-order valence-electron chi connectivity index (χ1n) is 5.89. The van der Waals surface area contributed by atoms with Gasteiger partial charge in [-0.05, 0) is 31.5 Å². The molecule has 1 unspecified atom stereocenters. The van der Waals surface area contributed by atoms with E-state index in [1.807, 2.05) is 12.1 Å². The predicted molar refractivity (Wildman–Crippen MR) is 79.0 cm³/mol. The number of halogens is 2. The van der Waals surface area contributed by atoms with Crippen LogP contribution in [0, 0.1) is 17.2 Å². The van der Waals surface area contributed by atoms with Gasteiger partial charge in [-0.1, -0.05) is 0 Å². The van der Waals surface area contributed by atoms with Crippen molar-refractivity contribution in [3.8, 4) is 11.8 Å². The van der Waals surface area contributed by atoms with Crippen LogP contribution in [0.1, 0.15) is 12.8 Å². The third-order valence-corrected chi connectivity index (χ3v) is 3.23.